The van der Waals surface area contributed by atoms with Crippen LogP contribution in [0.3, 0.4) is 0 Å². The van der Waals surface area contributed by atoms with Gasteiger partial charge in [-0.2, -0.15) is 0 Å². The summed E-state index contributed by atoms with van der Waals surface area (Å²) < 4.78 is 0. The molecule has 1 saturated heterocycles. The Morgan fingerprint density at radius 1 is 0.871 bits per heavy atom. The number of hydrogen-bond donors (Lipinski definition) is 2. The van der Waals surface area contributed by atoms with Crippen molar-refractivity contribution in [1.82, 2.24) is 10.3 Å². The molecule has 0 radical (unpaired) electrons. The Morgan fingerprint density at radius 2 is 1.65 bits per heavy atom. The summed E-state index contributed by atoms with van der Waals surface area (Å²) in [5.41, 5.74) is 3.52. The molecule has 2 amide bonds. The first-order chi connectivity index (χ1) is 15.2. The van der Waals surface area contributed by atoms with E-state index in [0.717, 1.165) is 24.3 Å². The number of nitrogens with zero attached hydrogens (tertiary/aromatic N) is 2. The highest BCUT2D eigenvalue weighted by Crippen LogP contribution is 2.21. The normalized spacial score (nSPS) is 13.5. The number of aromatic nitrogens is 1. The van der Waals surface area contributed by atoms with Crippen molar-refractivity contribution < 1.29 is 9.59 Å². The van der Waals surface area contributed by atoms with Crippen LogP contribution in [0.25, 0.3) is 0 Å². The molecule has 0 spiro atoms. The highest BCUT2D eigenvalue weighted by atomic mass is 16.2. The molecule has 158 valence electrons. The number of carbonyl (C=O) groups is 2. The van der Waals surface area contributed by atoms with Crippen molar-refractivity contribution in [3.8, 4) is 0 Å². The summed E-state index contributed by atoms with van der Waals surface area (Å²) >= 11 is 0. The van der Waals surface area contributed by atoms with Crippen molar-refractivity contribution in [2.45, 2.75) is 25.8 Å². The van der Waals surface area contributed by atoms with Gasteiger partial charge in [-0.3, -0.25) is 14.6 Å². The Hall–Kier alpha value is -3.67. The summed E-state index contributed by atoms with van der Waals surface area (Å²) in [5.74, 6) is -0.488. The number of benzene rings is 2. The molecule has 31 heavy (non-hydrogen) atoms. The molecule has 3 aromatic rings. The van der Waals surface area contributed by atoms with E-state index in [2.05, 4.69) is 20.5 Å². The predicted octanol–water partition coefficient (Wildman–Crippen LogP) is 4.25. The standard InChI is InChI=1S/C25H26N4O2/c30-24(20-10-12-21(13-11-20)29-15-4-1-5-16-29)28-23-9-3-2-8-22(23)25(31)27-18-19-7-6-14-26-17-19/h2-3,6-14,17H,1,4-5,15-16,18H2,(H,27,31)(H,28,30). The van der Waals surface area contributed by atoms with Gasteiger partial charge in [-0.1, -0.05) is 18.2 Å². The van der Waals surface area contributed by atoms with E-state index in [1.54, 1.807) is 36.7 Å². The third-order valence-corrected chi connectivity index (χ3v) is 5.45. The van der Waals surface area contributed by atoms with Crippen LogP contribution in [-0.2, 0) is 6.54 Å². The average molecular weight is 415 g/mol. The molecule has 2 aromatic carbocycles. The molecular weight excluding hydrogens is 388 g/mol. The van der Waals surface area contributed by atoms with Crippen molar-refractivity contribution in [2.75, 3.05) is 23.3 Å². The number of carbonyl (C=O) groups excluding carboxylic acids is 2. The summed E-state index contributed by atoms with van der Waals surface area (Å²) in [6.45, 7) is 2.49. The van der Waals surface area contributed by atoms with Crippen molar-refractivity contribution in [3.05, 3.63) is 89.7 Å². The Balaban J connectivity index is 1.42. The number of para-hydroxylation sites is 1. The maximum atomic E-state index is 12.8. The summed E-state index contributed by atoms with van der Waals surface area (Å²) in [6, 6.07) is 18.4. The first-order valence-corrected chi connectivity index (χ1v) is 10.6. The highest BCUT2D eigenvalue weighted by molar-refractivity contribution is 6.09. The first-order valence-electron chi connectivity index (χ1n) is 10.6. The lowest BCUT2D eigenvalue weighted by molar-refractivity contribution is 0.0951. The van der Waals surface area contributed by atoms with Crippen LogP contribution in [-0.4, -0.2) is 29.9 Å². The Kier molecular flexibility index (Phi) is 6.57. The van der Waals surface area contributed by atoms with Crippen molar-refractivity contribution in [2.24, 2.45) is 0 Å². The zero-order valence-electron chi connectivity index (χ0n) is 17.4. The number of anilines is 2. The fourth-order valence-electron chi connectivity index (χ4n) is 3.74. The molecule has 0 unspecified atom stereocenters. The molecule has 1 aliphatic heterocycles. The Morgan fingerprint density at radius 3 is 2.39 bits per heavy atom. The van der Waals surface area contributed by atoms with Crippen LogP contribution in [0.4, 0.5) is 11.4 Å². The molecular formula is C25H26N4O2. The molecule has 1 aliphatic rings. The quantitative estimate of drug-likeness (QED) is 0.632. The minimum atomic E-state index is -0.250. The molecule has 0 atom stereocenters. The molecule has 1 fully saturated rings. The number of piperidine rings is 1. The molecule has 2 N–H and O–H groups in total. The van der Waals surface area contributed by atoms with E-state index in [1.807, 2.05) is 36.4 Å². The predicted molar refractivity (Wildman–Crippen MR) is 122 cm³/mol. The van der Waals surface area contributed by atoms with Crippen LogP contribution in [0.1, 0.15) is 45.5 Å². The van der Waals surface area contributed by atoms with Crippen LogP contribution in [0.15, 0.2) is 73.1 Å². The third-order valence-electron chi connectivity index (χ3n) is 5.45. The van der Waals surface area contributed by atoms with Crippen LogP contribution in [0, 0.1) is 0 Å². The molecule has 0 aliphatic carbocycles. The highest BCUT2D eigenvalue weighted by Gasteiger charge is 2.15. The number of pyridine rings is 1. The monoisotopic (exact) mass is 414 g/mol. The van der Waals surface area contributed by atoms with Crippen molar-refractivity contribution in [3.63, 3.8) is 0 Å². The van der Waals surface area contributed by atoms with E-state index >= 15 is 0 Å². The van der Waals surface area contributed by atoms with Gasteiger partial charge in [0.2, 0.25) is 0 Å². The van der Waals surface area contributed by atoms with E-state index in [9.17, 15) is 9.59 Å². The van der Waals surface area contributed by atoms with Crippen LogP contribution in [0.2, 0.25) is 0 Å². The van der Waals surface area contributed by atoms with Crippen molar-refractivity contribution in [1.29, 1.82) is 0 Å². The molecule has 6 nitrogen and oxygen atoms in total. The maximum Gasteiger partial charge on any atom is 0.255 e. The van der Waals surface area contributed by atoms with Gasteiger partial charge in [0.15, 0.2) is 0 Å². The second-order valence-corrected chi connectivity index (χ2v) is 7.64. The Bertz CT molecular complexity index is 1030. The van der Waals surface area contributed by atoms with E-state index in [1.165, 1.54) is 19.3 Å². The molecule has 4 rings (SSSR count). The molecule has 1 aromatic heterocycles. The topological polar surface area (TPSA) is 74.3 Å². The lowest BCUT2D eigenvalue weighted by Crippen LogP contribution is -2.29. The number of amides is 2. The largest absolute Gasteiger partial charge is 0.372 e. The van der Waals surface area contributed by atoms with Gasteiger partial charge >= 0.3 is 0 Å². The lowest BCUT2D eigenvalue weighted by Gasteiger charge is -2.28. The lowest BCUT2D eigenvalue weighted by atomic mass is 10.1. The van der Waals surface area contributed by atoms with E-state index < -0.39 is 0 Å². The minimum Gasteiger partial charge on any atom is -0.372 e. The molecule has 0 bridgehead atoms. The number of rotatable bonds is 6. The zero-order chi connectivity index (χ0) is 21.5. The van der Waals surface area contributed by atoms with Gasteiger partial charge in [-0.05, 0) is 67.3 Å². The molecule has 6 heteroatoms. The van der Waals surface area contributed by atoms with Crippen molar-refractivity contribution >= 4 is 23.2 Å². The van der Waals surface area contributed by atoms with Gasteiger partial charge in [0.25, 0.3) is 11.8 Å². The summed E-state index contributed by atoms with van der Waals surface area (Å²) in [5, 5.41) is 5.76. The van der Waals surface area contributed by atoms with Gasteiger partial charge in [-0.15, -0.1) is 0 Å². The maximum absolute atomic E-state index is 12.8. The fourth-order valence-corrected chi connectivity index (χ4v) is 3.74. The van der Waals surface area contributed by atoms with Gasteiger partial charge < -0.3 is 15.5 Å². The first kappa shape index (κ1) is 20.6. The number of hydrogen-bond acceptors (Lipinski definition) is 4. The van der Waals surface area contributed by atoms with E-state index in [4.69, 9.17) is 0 Å². The van der Waals surface area contributed by atoms with Crippen LogP contribution >= 0.6 is 0 Å². The smallest absolute Gasteiger partial charge is 0.255 e. The minimum absolute atomic E-state index is 0.238. The van der Waals surface area contributed by atoms with Gasteiger partial charge in [0.05, 0.1) is 11.3 Å². The SMILES string of the molecule is O=C(Nc1ccccc1C(=O)NCc1cccnc1)c1ccc(N2CCCCC2)cc1. The number of nitrogens with one attached hydrogen (secondary N) is 2. The van der Waals surface area contributed by atoms with E-state index in [0.29, 0.717) is 23.4 Å². The average Bonchev–Trinajstić information content (AvgIpc) is 2.84. The second-order valence-electron chi connectivity index (χ2n) is 7.64. The second kappa shape index (κ2) is 9.89. The third kappa shape index (κ3) is 5.28. The van der Waals surface area contributed by atoms with Gasteiger partial charge in [-0.25, -0.2) is 0 Å². The molecule has 2 heterocycles. The van der Waals surface area contributed by atoms with Gasteiger partial charge in [0, 0.05) is 43.3 Å². The Labute approximate surface area is 182 Å². The zero-order valence-corrected chi connectivity index (χ0v) is 17.4. The van der Waals surface area contributed by atoms with Crippen LogP contribution in [0.5, 0.6) is 0 Å². The summed E-state index contributed by atoms with van der Waals surface area (Å²) in [4.78, 5) is 31.9. The van der Waals surface area contributed by atoms with E-state index in [-0.39, 0.29) is 11.8 Å². The summed E-state index contributed by atoms with van der Waals surface area (Å²) in [7, 11) is 0. The molecule has 0 saturated carbocycles. The summed E-state index contributed by atoms with van der Waals surface area (Å²) in [6.07, 6.45) is 7.10. The fraction of sp³-hybridized carbons (Fsp3) is 0.240. The van der Waals surface area contributed by atoms with Crippen LogP contribution < -0.4 is 15.5 Å². The van der Waals surface area contributed by atoms with Gasteiger partial charge in [0.1, 0.15) is 0 Å².